The van der Waals surface area contributed by atoms with Crippen LogP contribution in [0.3, 0.4) is 0 Å². The normalized spacial score (nSPS) is 18.0. The zero-order chi connectivity index (χ0) is 13.5. The first-order valence-corrected chi connectivity index (χ1v) is 6.53. The molecule has 2 aromatic rings. The zero-order valence-electron chi connectivity index (χ0n) is 11.1. The molecule has 1 aromatic carbocycles. The Morgan fingerprint density at radius 2 is 2.00 bits per heavy atom. The van der Waals surface area contributed by atoms with Gasteiger partial charge in [0.2, 0.25) is 5.89 Å². The first kappa shape index (κ1) is 12.1. The van der Waals surface area contributed by atoms with Crippen LogP contribution in [0.15, 0.2) is 34.9 Å². The van der Waals surface area contributed by atoms with E-state index in [1.54, 1.807) is 12.1 Å². The van der Waals surface area contributed by atoms with Crippen LogP contribution in [0, 0.1) is 0 Å². The van der Waals surface area contributed by atoms with Crippen LogP contribution in [0.5, 0.6) is 0 Å². The highest BCUT2D eigenvalue weighted by Crippen LogP contribution is 2.46. The van der Waals surface area contributed by atoms with Gasteiger partial charge in [-0.05, 0) is 19.8 Å². The highest BCUT2D eigenvalue weighted by molar-refractivity contribution is 6.00. The molecule has 1 saturated carbocycles. The molecule has 98 valence electrons. The van der Waals surface area contributed by atoms with Gasteiger partial charge in [0.05, 0.1) is 5.92 Å². The van der Waals surface area contributed by atoms with Crippen molar-refractivity contribution in [2.75, 3.05) is 0 Å². The monoisotopic (exact) mass is 256 g/mol. The molecule has 1 aliphatic rings. The van der Waals surface area contributed by atoms with Gasteiger partial charge in [-0.3, -0.25) is 4.79 Å². The van der Waals surface area contributed by atoms with Crippen LogP contribution in [0.1, 0.15) is 54.7 Å². The van der Waals surface area contributed by atoms with Gasteiger partial charge in [-0.1, -0.05) is 42.4 Å². The largest absolute Gasteiger partial charge is 0.339 e. The van der Waals surface area contributed by atoms with Gasteiger partial charge in [0.25, 0.3) is 0 Å². The maximum Gasteiger partial charge on any atom is 0.237 e. The molecule has 19 heavy (non-hydrogen) atoms. The van der Waals surface area contributed by atoms with E-state index in [9.17, 15) is 4.79 Å². The standard InChI is InChI=1S/C15H16N2O2/c1-10(12(18)11-6-4-3-5-7-11)13-16-14(17-19-13)15(2)8-9-15/h3-7,10H,8-9H2,1-2H3. The Bertz CT molecular complexity index is 600. The highest BCUT2D eigenvalue weighted by atomic mass is 16.5. The van der Waals surface area contributed by atoms with Gasteiger partial charge in [-0.15, -0.1) is 0 Å². The minimum atomic E-state index is -0.397. The number of nitrogens with zero attached hydrogens (tertiary/aromatic N) is 2. The Balaban J connectivity index is 1.82. The Labute approximate surface area is 111 Å². The summed E-state index contributed by atoms with van der Waals surface area (Å²) in [5, 5.41) is 4.01. The summed E-state index contributed by atoms with van der Waals surface area (Å²) >= 11 is 0. The van der Waals surface area contributed by atoms with Gasteiger partial charge in [0.15, 0.2) is 11.6 Å². The van der Waals surface area contributed by atoms with Crippen molar-refractivity contribution in [1.29, 1.82) is 0 Å². The summed E-state index contributed by atoms with van der Waals surface area (Å²) in [6.07, 6.45) is 2.18. The van der Waals surface area contributed by atoms with Crippen LogP contribution in [0.25, 0.3) is 0 Å². The van der Waals surface area contributed by atoms with Crippen molar-refractivity contribution in [3.63, 3.8) is 0 Å². The maximum atomic E-state index is 12.3. The minimum Gasteiger partial charge on any atom is -0.339 e. The average Bonchev–Trinajstić information content (AvgIpc) is 3.01. The van der Waals surface area contributed by atoms with E-state index in [2.05, 4.69) is 17.1 Å². The lowest BCUT2D eigenvalue weighted by Crippen LogP contribution is -2.10. The SMILES string of the molecule is CC(C(=O)c1ccccc1)c1nc(C2(C)CC2)no1. The molecule has 1 unspecified atom stereocenters. The van der Waals surface area contributed by atoms with Gasteiger partial charge >= 0.3 is 0 Å². The number of aromatic nitrogens is 2. The predicted molar refractivity (Wildman–Crippen MR) is 70.1 cm³/mol. The van der Waals surface area contributed by atoms with E-state index in [-0.39, 0.29) is 11.2 Å². The fourth-order valence-corrected chi connectivity index (χ4v) is 2.03. The van der Waals surface area contributed by atoms with Gasteiger partial charge in [-0.25, -0.2) is 0 Å². The first-order chi connectivity index (χ1) is 9.10. The number of hydrogen-bond donors (Lipinski definition) is 0. The van der Waals surface area contributed by atoms with Crippen LogP contribution in [0.4, 0.5) is 0 Å². The van der Waals surface area contributed by atoms with Gasteiger partial charge in [-0.2, -0.15) is 4.98 Å². The molecule has 0 amide bonds. The van der Waals surface area contributed by atoms with E-state index in [1.165, 1.54) is 0 Å². The van der Waals surface area contributed by atoms with Crippen LogP contribution in [-0.2, 0) is 5.41 Å². The molecule has 4 heteroatoms. The average molecular weight is 256 g/mol. The second kappa shape index (κ2) is 4.30. The topological polar surface area (TPSA) is 56.0 Å². The predicted octanol–water partition coefficient (Wildman–Crippen LogP) is 3.11. The number of rotatable bonds is 4. The molecule has 0 saturated heterocycles. The number of ketones is 1. The lowest BCUT2D eigenvalue weighted by Gasteiger charge is -2.05. The molecule has 3 rings (SSSR count). The van der Waals surface area contributed by atoms with Gasteiger partial charge in [0, 0.05) is 11.0 Å². The van der Waals surface area contributed by atoms with E-state index in [1.807, 2.05) is 25.1 Å². The summed E-state index contributed by atoms with van der Waals surface area (Å²) in [6, 6.07) is 9.20. The van der Waals surface area contributed by atoms with Crippen molar-refractivity contribution in [2.45, 2.75) is 38.0 Å². The molecule has 0 radical (unpaired) electrons. The number of hydrogen-bond acceptors (Lipinski definition) is 4. The fraction of sp³-hybridized carbons (Fsp3) is 0.400. The molecular formula is C15H16N2O2. The van der Waals surface area contributed by atoms with Crippen molar-refractivity contribution < 1.29 is 9.32 Å². The number of carbonyl (C=O) groups excluding carboxylic acids is 1. The third-order valence-corrected chi connectivity index (χ3v) is 3.80. The Kier molecular flexibility index (Phi) is 2.73. The fourth-order valence-electron chi connectivity index (χ4n) is 2.03. The van der Waals surface area contributed by atoms with Crippen molar-refractivity contribution >= 4 is 5.78 Å². The van der Waals surface area contributed by atoms with Gasteiger partial charge < -0.3 is 4.52 Å². The Morgan fingerprint density at radius 3 is 2.63 bits per heavy atom. The van der Waals surface area contributed by atoms with Crippen molar-refractivity contribution in [3.05, 3.63) is 47.6 Å². The molecule has 1 aliphatic carbocycles. The zero-order valence-corrected chi connectivity index (χ0v) is 11.1. The second-order valence-corrected chi connectivity index (χ2v) is 5.47. The van der Waals surface area contributed by atoms with Crippen molar-refractivity contribution in [3.8, 4) is 0 Å². The molecule has 0 bridgehead atoms. The van der Waals surface area contributed by atoms with Crippen molar-refractivity contribution in [2.24, 2.45) is 0 Å². The molecule has 1 atom stereocenters. The number of benzene rings is 1. The number of carbonyl (C=O) groups is 1. The summed E-state index contributed by atoms with van der Waals surface area (Å²) in [5.41, 5.74) is 0.740. The first-order valence-electron chi connectivity index (χ1n) is 6.53. The molecule has 1 heterocycles. The smallest absolute Gasteiger partial charge is 0.237 e. The quantitative estimate of drug-likeness (QED) is 0.789. The third kappa shape index (κ3) is 2.18. The van der Waals surface area contributed by atoms with E-state index < -0.39 is 5.92 Å². The van der Waals surface area contributed by atoms with Crippen LogP contribution in [-0.4, -0.2) is 15.9 Å². The highest BCUT2D eigenvalue weighted by Gasteiger charge is 2.44. The summed E-state index contributed by atoms with van der Waals surface area (Å²) in [7, 11) is 0. The lowest BCUT2D eigenvalue weighted by molar-refractivity contribution is 0.0951. The third-order valence-electron chi connectivity index (χ3n) is 3.80. The molecule has 0 N–H and O–H groups in total. The number of Topliss-reactive ketones (excluding diaryl/α,β-unsaturated/α-hetero) is 1. The van der Waals surface area contributed by atoms with Crippen LogP contribution in [0.2, 0.25) is 0 Å². The van der Waals surface area contributed by atoms with E-state index in [0.29, 0.717) is 11.5 Å². The van der Waals surface area contributed by atoms with Crippen LogP contribution < -0.4 is 0 Å². The molecule has 0 spiro atoms. The minimum absolute atomic E-state index is 0.0109. The van der Waals surface area contributed by atoms with Gasteiger partial charge in [0.1, 0.15) is 0 Å². The summed E-state index contributed by atoms with van der Waals surface area (Å²) in [6.45, 7) is 3.92. The van der Waals surface area contributed by atoms with Crippen molar-refractivity contribution in [1.82, 2.24) is 10.1 Å². The lowest BCUT2D eigenvalue weighted by atomic mass is 9.99. The molecule has 4 nitrogen and oxygen atoms in total. The second-order valence-electron chi connectivity index (χ2n) is 5.47. The van der Waals surface area contributed by atoms with E-state index >= 15 is 0 Å². The molecular weight excluding hydrogens is 240 g/mol. The Hall–Kier alpha value is -1.97. The van der Waals surface area contributed by atoms with E-state index in [0.717, 1.165) is 18.7 Å². The molecule has 1 aromatic heterocycles. The van der Waals surface area contributed by atoms with Crippen LogP contribution >= 0.6 is 0 Å². The van der Waals surface area contributed by atoms with E-state index in [4.69, 9.17) is 4.52 Å². The maximum absolute atomic E-state index is 12.3. The Morgan fingerprint density at radius 1 is 1.32 bits per heavy atom. The summed E-state index contributed by atoms with van der Waals surface area (Å²) < 4.78 is 5.25. The molecule has 0 aliphatic heterocycles. The molecule has 1 fully saturated rings. The summed E-state index contributed by atoms with van der Waals surface area (Å²) in [4.78, 5) is 16.7. The summed E-state index contributed by atoms with van der Waals surface area (Å²) in [5.74, 6) is 0.759.